The van der Waals surface area contributed by atoms with E-state index in [9.17, 15) is 4.79 Å². The predicted molar refractivity (Wildman–Crippen MR) is 56.6 cm³/mol. The SMILES string of the molecule is CCCC(CCC)C(=O)N(C)CC. The van der Waals surface area contributed by atoms with Crippen LogP contribution in [0.1, 0.15) is 46.5 Å². The van der Waals surface area contributed by atoms with E-state index < -0.39 is 0 Å². The van der Waals surface area contributed by atoms with Crippen molar-refractivity contribution in [3.63, 3.8) is 0 Å². The van der Waals surface area contributed by atoms with Crippen molar-refractivity contribution in [1.82, 2.24) is 4.90 Å². The molecule has 0 atom stereocenters. The van der Waals surface area contributed by atoms with Gasteiger partial charge in [-0.2, -0.15) is 0 Å². The van der Waals surface area contributed by atoms with Gasteiger partial charge in [-0.15, -0.1) is 0 Å². The molecule has 78 valence electrons. The van der Waals surface area contributed by atoms with Crippen molar-refractivity contribution in [1.29, 1.82) is 0 Å². The third-order valence-corrected chi connectivity index (χ3v) is 2.47. The van der Waals surface area contributed by atoms with Gasteiger partial charge in [-0.25, -0.2) is 0 Å². The Morgan fingerprint density at radius 3 is 1.92 bits per heavy atom. The first kappa shape index (κ1) is 12.5. The molecule has 1 amide bonds. The molecule has 2 nitrogen and oxygen atoms in total. The quantitative estimate of drug-likeness (QED) is 0.623. The maximum atomic E-state index is 11.8. The molecule has 0 radical (unpaired) electrons. The van der Waals surface area contributed by atoms with Crippen molar-refractivity contribution in [2.75, 3.05) is 13.6 Å². The molecule has 0 aromatic rings. The average molecular weight is 185 g/mol. The van der Waals surface area contributed by atoms with Gasteiger partial charge in [-0.05, 0) is 19.8 Å². The van der Waals surface area contributed by atoms with Crippen LogP contribution in [0.15, 0.2) is 0 Å². The molecule has 0 aliphatic heterocycles. The number of carbonyl (C=O) groups excluding carboxylic acids is 1. The summed E-state index contributed by atoms with van der Waals surface area (Å²) in [5.74, 6) is 0.589. The van der Waals surface area contributed by atoms with Crippen LogP contribution >= 0.6 is 0 Å². The van der Waals surface area contributed by atoms with Crippen molar-refractivity contribution in [2.45, 2.75) is 46.5 Å². The standard InChI is InChI=1S/C11H23NO/c1-5-8-10(9-6-2)11(13)12(4)7-3/h10H,5-9H2,1-4H3. The lowest BCUT2D eigenvalue weighted by Crippen LogP contribution is -2.32. The highest BCUT2D eigenvalue weighted by Gasteiger charge is 2.18. The van der Waals surface area contributed by atoms with Crippen molar-refractivity contribution < 1.29 is 4.79 Å². The predicted octanol–water partition coefficient (Wildman–Crippen LogP) is 2.68. The minimum Gasteiger partial charge on any atom is -0.346 e. The monoisotopic (exact) mass is 185 g/mol. The summed E-state index contributed by atoms with van der Waals surface area (Å²) >= 11 is 0. The summed E-state index contributed by atoms with van der Waals surface area (Å²) in [5, 5.41) is 0. The van der Waals surface area contributed by atoms with Crippen LogP contribution < -0.4 is 0 Å². The van der Waals surface area contributed by atoms with Gasteiger partial charge < -0.3 is 4.90 Å². The molecule has 0 aromatic carbocycles. The van der Waals surface area contributed by atoms with Gasteiger partial charge in [0.05, 0.1) is 0 Å². The van der Waals surface area contributed by atoms with E-state index in [2.05, 4.69) is 13.8 Å². The Bertz CT molecular complexity index is 139. The number of hydrogen-bond acceptors (Lipinski definition) is 1. The van der Waals surface area contributed by atoms with Crippen LogP contribution in [-0.2, 0) is 4.79 Å². The summed E-state index contributed by atoms with van der Waals surface area (Å²) in [6, 6.07) is 0. The largest absolute Gasteiger partial charge is 0.346 e. The van der Waals surface area contributed by atoms with Crippen LogP contribution in [0.25, 0.3) is 0 Å². The Morgan fingerprint density at radius 1 is 1.15 bits per heavy atom. The highest BCUT2D eigenvalue weighted by molar-refractivity contribution is 5.78. The lowest BCUT2D eigenvalue weighted by molar-refractivity contribution is -0.134. The molecule has 0 aromatic heterocycles. The molecule has 0 aliphatic rings. The van der Waals surface area contributed by atoms with E-state index in [-0.39, 0.29) is 5.92 Å². The normalized spacial score (nSPS) is 10.5. The van der Waals surface area contributed by atoms with Gasteiger partial charge in [0.2, 0.25) is 5.91 Å². The summed E-state index contributed by atoms with van der Waals surface area (Å²) in [6.07, 6.45) is 4.29. The molecule has 2 heteroatoms. The second-order valence-corrected chi connectivity index (χ2v) is 3.63. The maximum absolute atomic E-state index is 11.8. The van der Waals surface area contributed by atoms with E-state index in [1.54, 1.807) is 0 Å². The topological polar surface area (TPSA) is 20.3 Å². The Morgan fingerprint density at radius 2 is 1.62 bits per heavy atom. The van der Waals surface area contributed by atoms with E-state index >= 15 is 0 Å². The van der Waals surface area contributed by atoms with Crippen LogP contribution in [0, 0.1) is 5.92 Å². The molecule has 13 heavy (non-hydrogen) atoms. The zero-order valence-corrected chi connectivity index (χ0v) is 9.47. The molecule has 0 unspecified atom stereocenters. The minimum absolute atomic E-state index is 0.264. The van der Waals surface area contributed by atoms with E-state index in [1.165, 1.54) is 0 Å². The van der Waals surface area contributed by atoms with Crippen LogP contribution in [0.4, 0.5) is 0 Å². The van der Waals surface area contributed by atoms with Crippen molar-refractivity contribution in [3.8, 4) is 0 Å². The Balaban J connectivity index is 4.09. The van der Waals surface area contributed by atoms with Crippen LogP contribution in [0.2, 0.25) is 0 Å². The summed E-state index contributed by atoms with van der Waals surface area (Å²) < 4.78 is 0. The Labute approximate surface area is 82.3 Å². The summed E-state index contributed by atoms with van der Waals surface area (Å²) in [4.78, 5) is 13.6. The fraction of sp³-hybridized carbons (Fsp3) is 0.909. The molecule has 0 spiro atoms. The van der Waals surface area contributed by atoms with Crippen LogP contribution in [0.5, 0.6) is 0 Å². The highest BCUT2D eigenvalue weighted by atomic mass is 16.2. The Hall–Kier alpha value is -0.530. The van der Waals surface area contributed by atoms with Crippen LogP contribution in [-0.4, -0.2) is 24.4 Å². The van der Waals surface area contributed by atoms with Gasteiger partial charge in [-0.3, -0.25) is 4.79 Å². The van der Waals surface area contributed by atoms with Crippen molar-refractivity contribution in [3.05, 3.63) is 0 Å². The average Bonchev–Trinajstić information content (AvgIpc) is 2.15. The Kier molecular flexibility index (Phi) is 6.65. The molecule has 0 heterocycles. The first-order chi connectivity index (χ1) is 6.17. The second kappa shape index (κ2) is 6.93. The first-order valence-electron chi connectivity index (χ1n) is 5.42. The number of amides is 1. The third kappa shape index (κ3) is 4.30. The molecule has 0 bridgehead atoms. The summed E-state index contributed by atoms with van der Waals surface area (Å²) in [6.45, 7) is 7.12. The van der Waals surface area contributed by atoms with E-state index in [1.807, 2.05) is 18.9 Å². The molecule has 0 aliphatic carbocycles. The summed E-state index contributed by atoms with van der Waals surface area (Å²) in [7, 11) is 1.89. The molecule has 0 N–H and O–H groups in total. The number of nitrogens with zero attached hydrogens (tertiary/aromatic N) is 1. The molecule has 0 saturated heterocycles. The second-order valence-electron chi connectivity index (χ2n) is 3.63. The first-order valence-corrected chi connectivity index (χ1v) is 5.42. The zero-order valence-electron chi connectivity index (χ0n) is 9.47. The van der Waals surface area contributed by atoms with Gasteiger partial charge in [0.15, 0.2) is 0 Å². The fourth-order valence-corrected chi connectivity index (χ4v) is 1.56. The molecule has 0 saturated carbocycles. The molecule has 0 rings (SSSR count). The summed E-state index contributed by atoms with van der Waals surface area (Å²) in [5.41, 5.74) is 0. The smallest absolute Gasteiger partial charge is 0.225 e. The van der Waals surface area contributed by atoms with Gasteiger partial charge in [0.1, 0.15) is 0 Å². The number of rotatable bonds is 6. The van der Waals surface area contributed by atoms with E-state index in [4.69, 9.17) is 0 Å². The third-order valence-electron chi connectivity index (χ3n) is 2.47. The van der Waals surface area contributed by atoms with Gasteiger partial charge in [0.25, 0.3) is 0 Å². The van der Waals surface area contributed by atoms with Gasteiger partial charge in [-0.1, -0.05) is 26.7 Å². The fourth-order valence-electron chi connectivity index (χ4n) is 1.56. The molecular formula is C11H23NO. The lowest BCUT2D eigenvalue weighted by atomic mass is 9.97. The van der Waals surface area contributed by atoms with Gasteiger partial charge in [0, 0.05) is 19.5 Å². The van der Waals surface area contributed by atoms with E-state index in [0.29, 0.717) is 5.91 Å². The molecular weight excluding hydrogens is 162 g/mol. The lowest BCUT2D eigenvalue weighted by Gasteiger charge is -2.21. The van der Waals surface area contributed by atoms with Crippen molar-refractivity contribution >= 4 is 5.91 Å². The molecule has 0 fully saturated rings. The zero-order chi connectivity index (χ0) is 10.3. The van der Waals surface area contributed by atoms with Crippen molar-refractivity contribution in [2.24, 2.45) is 5.92 Å². The van der Waals surface area contributed by atoms with E-state index in [0.717, 1.165) is 32.2 Å². The minimum atomic E-state index is 0.264. The van der Waals surface area contributed by atoms with Crippen LogP contribution in [0.3, 0.4) is 0 Å². The number of carbonyl (C=O) groups is 1. The number of hydrogen-bond donors (Lipinski definition) is 0. The van der Waals surface area contributed by atoms with Gasteiger partial charge >= 0.3 is 0 Å². The highest BCUT2D eigenvalue weighted by Crippen LogP contribution is 2.15. The maximum Gasteiger partial charge on any atom is 0.225 e.